The van der Waals surface area contributed by atoms with Crippen LogP contribution in [-0.4, -0.2) is 83.5 Å². The number of nitrogens with one attached hydrogen (secondary N) is 2. The van der Waals surface area contributed by atoms with Gasteiger partial charge in [0, 0.05) is 26.5 Å². The van der Waals surface area contributed by atoms with Crippen LogP contribution in [0.25, 0.3) is 0 Å². The van der Waals surface area contributed by atoms with E-state index in [4.69, 9.17) is 0 Å². The Hall–Kier alpha value is -2.87. The molecule has 0 unspecified atom stereocenters. The molecule has 0 aliphatic heterocycles. The van der Waals surface area contributed by atoms with Crippen LogP contribution in [0, 0.1) is 0 Å². The van der Waals surface area contributed by atoms with Gasteiger partial charge in [0.1, 0.15) is 11.7 Å². The van der Waals surface area contributed by atoms with Crippen molar-refractivity contribution in [3.63, 3.8) is 0 Å². The maximum absolute atomic E-state index is 12.9. The molecular weight excluding hydrogens is 449 g/mol. The topological polar surface area (TPSA) is 162 Å². The number of hydrogen-bond acceptors (Lipinski definition) is 8. The Balaban J connectivity index is 2.10. The van der Waals surface area contributed by atoms with Crippen LogP contribution in [0.4, 0.5) is 0 Å². The van der Waals surface area contributed by atoms with E-state index in [1.165, 1.54) is 32.7 Å². The number of aryl methyl sites for hydroxylation is 1. The Morgan fingerprint density at radius 3 is 2.39 bits per heavy atom. The molecule has 0 fully saturated rings. The Labute approximate surface area is 193 Å². The molecule has 33 heavy (non-hydrogen) atoms. The van der Waals surface area contributed by atoms with E-state index >= 15 is 0 Å². The SMILES string of the molecule is CN(C)S(=O)(=O)C[C@H](NC(=O)c1cnccn1)C(=O)N[C@@H](CCCc1ccccc1)B(O)O. The largest absolute Gasteiger partial charge is 0.475 e. The fourth-order valence-electron chi connectivity index (χ4n) is 2.94. The summed E-state index contributed by atoms with van der Waals surface area (Å²) in [6.07, 6.45) is 5.24. The third-order valence-electron chi connectivity index (χ3n) is 4.86. The van der Waals surface area contributed by atoms with Crippen LogP contribution < -0.4 is 10.6 Å². The Morgan fingerprint density at radius 2 is 1.82 bits per heavy atom. The monoisotopic (exact) mass is 477 g/mol. The standard InChI is InChI=1S/C20H28BN5O6S/c1-26(2)33(31,32)14-17(24-19(27)16-13-22-11-12-23-16)20(28)25-18(21(29)30)10-6-9-15-7-4-3-5-8-15/h3-5,7-8,11-13,17-18,29-30H,6,9-10,14H2,1-2H3,(H,24,27)(H,25,28)/t17-,18-/m0/s1. The van der Waals surface area contributed by atoms with E-state index in [0.29, 0.717) is 12.8 Å². The number of hydrogen-bond donors (Lipinski definition) is 4. The molecule has 1 heterocycles. The molecule has 2 amide bonds. The second-order valence-electron chi connectivity index (χ2n) is 7.58. The van der Waals surface area contributed by atoms with E-state index in [0.717, 1.165) is 9.87 Å². The van der Waals surface area contributed by atoms with E-state index < -0.39 is 46.7 Å². The number of sulfonamides is 1. The lowest BCUT2D eigenvalue weighted by molar-refractivity contribution is -0.123. The summed E-state index contributed by atoms with van der Waals surface area (Å²) < 4.78 is 25.7. The van der Waals surface area contributed by atoms with Crippen molar-refractivity contribution >= 4 is 29.0 Å². The Kier molecular flexibility index (Phi) is 9.91. The molecule has 2 rings (SSSR count). The molecule has 0 saturated carbocycles. The highest BCUT2D eigenvalue weighted by Gasteiger charge is 2.33. The van der Waals surface area contributed by atoms with Crippen molar-refractivity contribution in [2.75, 3.05) is 19.8 Å². The molecule has 0 radical (unpaired) electrons. The predicted octanol–water partition coefficient (Wildman–Crippen LogP) is -1.01. The summed E-state index contributed by atoms with van der Waals surface area (Å²) in [4.78, 5) is 33.0. The van der Waals surface area contributed by atoms with E-state index in [1.54, 1.807) is 0 Å². The third-order valence-corrected chi connectivity index (χ3v) is 6.73. The minimum Gasteiger partial charge on any atom is -0.426 e. The lowest BCUT2D eigenvalue weighted by Gasteiger charge is -2.24. The van der Waals surface area contributed by atoms with Crippen molar-refractivity contribution in [3.05, 3.63) is 60.2 Å². The molecule has 1 aromatic carbocycles. The van der Waals surface area contributed by atoms with Gasteiger partial charge >= 0.3 is 7.12 Å². The highest BCUT2D eigenvalue weighted by molar-refractivity contribution is 7.89. The van der Waals surface area contributed by atoms with Crippen molar-refractivity contribution in [1.29, 1.82) is 0 Å². The van der Waals surface area contributed by atoms with E-state index in [1.807, 2.05) is 30.3 Å². The smallest absolute Gasteiger partial charge is 0.426 e. The summed E-state index contributed by atoms with van der Waals surface area (Å²) in [7, 11) is -3.14. The quantitative estimate of drug-likeness (QED) is 0.283. The van der Waals surface area contributed by atoms with Crippen LogP contribution in [0.1, 0.15) is 28.9 Å². The summed E-state index contributed by atoms with van der Waals surface area (Å²) in [6.45, 7) is 0. The van der Waals surface area contributed by atoms with Gasteiger partial charge < -0.3 is 20.7 Å². The Morgan fingerprint density at radius 1 is 1.12 bits per heavy atom. The van der Waals surface area contributed by atoms with Crippen LogP contribution in [-0.2, 0) is 21.2 Å². The molecule has 11 nitrogen and oxygen atoms in total. The van der Waals surface area contributed by atoms with Gasteiger partial charge in [-0.2, -0.15) is 0 Å². The molecular formula is C20H28BN5O6S. The second kappa shape index (κ2) is 12.4. The van der Waals surface area contributed by atoms with Crippen molar-refractivity contribution in [2.24, 2.45) is 0 Å². The first-order valence-electron chi connectivity index (χ1n) is 10.3. The molecule has 2 aromatic rings. The van der Waals surface area contributed by atoms with Gasteiger partial charge in [0.05, 0.1) is 17.9 Å². The van der Waals surface area contributed by atoms with Crippen LogP contribution in [0.2, 0.25) is 0 Å². The van der Waals surface area contributed by atoms with Gasteiger partial charge in [-0.25, -0.2) is 17.7 Å². The normalized spacial score (nSPS) is 13.2. The number of nitrogens with zero attached hydrogens (tertiary/aromatic N) is 3. The number of rotatable bonds is 12. The van der Waals surface area contributed by atoms with Gasteiger partial charge in [-0.1, -0.05) is 30.3 Å². The highest BCUT2D eigenvalue weighted by Crippen LogP contribution is 2.08. The van der Waals surface area contributed by atoms with E-state index in [-0.39, 0.29) is 12.1 Å². The second-order valence-corrected chi connectivity index (χ2v) is 9.81. The zero-order chi connectivity index (χ0) is 24.4. The minimum absolute atomic E-state index is 0.0980. The average Bonchev–Trinajstić information content (AvgIpc) is 2.78. The first kappa shape index (κ1) is 26.4. The summed E-state index contributed by atoms with van der Waals surface area (Å²) in [5.74, 6) is -3.44. The number of benzene rings is 1. The zero-order valence-corrected chi connectivity index (χ0v) is 19.3. The van der Waals surface area contributed by atoms with Gasteiger partial charge in [0.15, 0.2) is 0 Å². The van der Waals surface area contributed by atoms with Gasteiger partial charge in [0.2, 0.25) is 15.9 Å². The predicted molar refractivity (Wildman–Crippen MR) is 122 cm³/mol. The fourth-order valence-corrected chi connectivity index (χ4v) is 3.90. The van der Waals surface area contributed by atoms with E-state index in [9.17, 15) is 28.1 Å². The average molecular weight is 477 g/mol. The summed E-state index contributed by atoms with van der Waals surface area (Å²) in [5.41, 5.74) is 0.959. The van der Waals surface area contributed by atoms with Crippen molar-refractivity contribution in [1.82, 2.24) is 24.9 Å². The number of carbonyl (C=O) groups excluding carboxylic acids is 2. The molecule has 0 aliphatic rings. The molecule has 0 spiro atoms. The van der Waals surface area contributed by atoms with Crippen molar-refractivity contribution in [3.8, 4) is 0 Å². The van der Waals surface area contributed by atoms with Crippen LogP contribution in [0.5, 0.6) is 0 Å². The number of aromatic nitrogens is 2. The van der Waals surface area contributed by atoms with Crippen LogP contribution >= 0.6 is 0 Å². The zero-order valence-electron chi connectivity index (χ0n) is 18.5. The van der Waals surface area contributed by atoms with Gasteiger partial charge in [0.25, 0.3) is 5.91 Å². The molecule has 178 valence electrons. The third kappa shape index (κ3) is 8.53. The molecule has 1 aromatic heterocycles. The molecule has 0 saturated heterocycles. The maximum Gasteiger partial charge on any atom is 0.475 e. The molecule has 2 atom stereocenters. The Bertz CT molecular complexity index is 1010. The number of amides is 2. The fraction of sp³-hybridized carbons (Fsp3) is 0.400. The maximum atomic E-state index is 12.9. The first-order chi connectivity index (χ1) is 15.6. The summed E-state index contributed by atoms with van der Waals surface area (Å²) in [5, 5.41) is 24.3. The molecule has 0 bridgehead atoms. The molecule has 13 heteroatoms. The molecule has 4 N–H and O–H groups in total. The molecule has 0 aliphatic carbocycles. The summed E-state index contributed by atoms with van der Waals surface area (Å²) in [6, 6.07) is 8.06. The van der Waals surface area contributed by atoms with Crippen molar-refractivity contribution in [2.45, 2.75) is 31.2 Å². The van der Waals surface area contributed by atoms with Gasteiger partial charge in [-0.3, -0.25) is 14.6 Å². The lowest BCUT2D eigenvalue weighted by Crippen LogP contribution is -2.56. The van der Waals surface area contributed by atoms with Crippen LogP contribution in [0.3, 0.4) is 0 Å². The van der Waals surface area contributed by atoms with Gasteiger partial charge in [-0.05, 0) is 24.8 Å². The number of carbonyl (C=O) groups is 2. The lowest BCUT2D eigenvalue weighted by atomic mass is 9.76. The van der Waals surface area contributed by atoms with Crippen molar-refractivity contribution < 1.29 is 28.1 Å². The summed E-state index contributed by atoms with van der Waals surface area (Å²) >= 11 is 0. The van der Waals surface area contributed by atoms with E-state index in [2.05, 4.69) is 20.6 Å². The minimum atomic E-state index is -3.88. The first-order valence-corrected chi connectivity index (χ1v) is 11.9. The van der Waals surface area contributed by atoms with Gasteiger partial charge in [-0.15, -0.1) is 0 Å². The van der Waals surface area contributed by atoms with Crippen LogP contribution in [0.15, 0.2) is 48.9 Å². The highest BCUT2D eigenvalue weighted by atomic mass is 32.2.